The number of hydrogen-bond donors (Lipinski definition) is 1. The molecule has 0 saturated heterocycles. The van der Waals surface area contributed by atoms with Crippen molar-refractivity contribution < 1.29 is 9.90 Å². The zero-order valence-corrected chi connectivity index (χ0v) is 16.8. The van der Waals surface area contributed by atoms with Crippen LogP contribution in [0.4, 0.5) is 0 Å². The van der Waals surface area contributed by atoms with Crippen molar-refractivity contribution in [1.29, 1.82) is 0 Å². The van der Waals surface area contributed by atoms with Crippen LogP contribution in [0.25, 0.3) is 0 Å². The molecule has 0 aromatic rings. The third-order valence-corrected chi connectivity index (χ3v) is 9.58. The minimum absolute atomic E-state index is 0.145. The molecule has 0 aliphatic heterocycles. The number of aliphatic hydroxyl groups excluding tert-OH is 1. The molecule has 140 valence electrons. The van der Waals surface area contributed by atoms with E-state index in [0.29, 0.717) is 11.7 Å². The molecule has 7 atom stereocenters. The largest absolute Gasteiger partial charge is 0.393 e. The van der Waals surface area contributed by atoms with Crippen molar-refractivity contribution >= 4 is 5.78 Å². The molecule has 3 saturated carbocycles. The second-order valence-electron chi connectivity index (χ2n) is 10.8. The first kappa shape index (κ1) is 17.8. The Morgan fingerprint density at radius 3 is 2.52 bits per heavy atom. The van der Waals surface area contributed by atoms with Gasteiger partial charge in [0.1, 0.15) is 5.78 Å². The van der Waals surface area contributed by atoms with Crippen molar-refractivity contribution in [2.75, 3.05) is 0 Å². The molecular formula is C23H36O2. The molecule has 3 fully saturated rings. The van der Waals surface area contributed by atoms with Gasteiger partial charge in [0.2, 0.25) is 0 Å². The molecule has 2 heteroatoms. The van der Waals surface area contributed by atoms with Gasteiger partial charge in [-0.1, -0.05) is 39.3 Å². The number of aliphatic hydroxyl groups is 1. The third kappa shape index (κ3) is 2.22. The minimum Gasteiger partial charge on any atom is -0.393 e. The number of ketones is 1. The molecule has 4 rings (SSSR count). The highest BCUT2D eigenvalue weighted by molar-refractivity contribution is 5.79. The Kier molecular flexibility index (Phi) is 3.87. The van der Waals surface area contributed by atoms with Crippen molar-refractivity contribution in [1.82, 2.24) is 0 Å². The van der Waals surface area contributed by atoms with Crippen molar-refractivity contribution in [2.45, 2.75) is 85.7 Å². The summed E-state index contributed by atoms with van der Waals surface area (Å²) in [4.78, 5) is 12.3. The molecule has 0 bridgehead atoms. The standard InChI is InChI=1S/C23H36O2/c1-14(24)18-8-9-19-17-7-6-15-12-16(25)13-21(2,3)23(15,5)20(17)10-11-22(18,19)4/h6,16-20,25H,7-13H2,1-5H3/t16?,17-,18+,19-,20-,22+,23-/m0/s1. The Labute approximate surface area is 153 Å². The van der Waals surface area contributed by atoms with Gasteiger partial charge in [0.05, 0.1) is 6.10 Å². The van der Waals surface area contributed by atoms with Gasteiger partial charge in [-0.3, -0.25) is 4.79 Å². The Hall–Kier alpha value is -0.630. The van der Waals surface area contributed by atoms with Crippen molar-refractivity contribution in [3.63, 3.8) is 0 Å². The van der Waals surface area contributed by atoms with E-state index in [-0.39, 0.29) is 28.3 Å². The monoisotopic (exact) mass is 344 g/mol. The lowest BCUT2D eigenvalue weighted by atomic mass is 9.42. The predicted molar refractivity (Wildman–Crippen MR) is 101 cm³/mol. The highest BCUT2D eigenvalue weighted by Crippen LogP contribution is 2.69. The molecule has 4 aliphatic carbocycles. The van der Waals surface area contributed by atoms with E-state index in [2.05, 4.69) is 33.8 Å². The van der Waals surface area contributed by atoms with Gasteiger partial charge in [-0.15, -0.1) is 0 Å². The van der Waals surface area contributed by atoms with Crippen LogP contribution in [0, 0.1) is 39.9 Å². The number of rotatable bonds is 1. The molecule has 4 aliphatic rings. The first-order valence-corrected chi connectivity index (χ1v) is 10.5. The molecule has 0 amide bonds. The van der Waals surface area contributed by atoms with Crippen LogP contribution >= 0.6 is 0 Å². The van der Waals surface area contributed by atoms with E-state index in [1.807, 2.05) is 6.92 Å². The van der Waals surface area contributed by atoms with Crippen LogP contribution in [0.2, 0.25) is 0 Å². The minimum atomic E-state index is -0.173. The van der Waals surface area contributed by atoms with Crippen molar-refractivity contribution in [3.8, 4) is 0 Å². The topological polar surface area (TPSA) is 37.3 Å². The SMILES string of the molecule is CC(=O)[C@H]1CC[C@H]2[C@@H]3CC=C4CC(O)CC(C)(C)[C@]4(C)[C@H]3CC[C@]12C. The van der Waals surface area contributed by atoms with E-state index in [4.69, 9.17) is 0 Å². The maximum Gasteiger partial charge on any atom is 0.133 e. The highest BCUT2D eigenvalue weighted by atomic mass is 16.3. The summed E-state index contributed by atoms with van der Waals surface area (Å²) in [5.41, 5.74) is 2.12. The average Bonchev–Trinajstić information content (AvgIpc) is 2.85. The molecule has 1 unspecified atom stereocenters. The van der Waals surface area contributed by atoms with Gasteiger partial charge in [0.25, 0.3) is 0 Å². The molecule has 0 aromatic carbocycles. The van der Waals surface area contributed by atoms with Crippen LogP contribution < -0.4 is 0 Å². The van der Waals surface area contributed by atoms with E-state index < -0.39 is 0 Å². The fourth-order valence-corrected chi connectivity index (χ4v) is 8.09. The van der Waals surface area contributed by atoms with Crippen LogP contribution in [0.5, 0.6) is 0 Å². The summed E-state index contributed by atoms with van der Waals surface area (Å²) in [6.45, 7) is 11.5. The Morgan fingerprint density at radius 2 is 1.84 bits per heavy atom. The van der Waals surface area contributed by atoms with E-state index in [1.54, 1.807) is 0 Å². The maximum absolute atomic E-state index is 12.3. The summed E-state index contributed by atoms with van der Waals surface area (Å²) in [7, 11) is 0. The molecule has 0 heterocycles. The van der Waals surface area contributed by atoms with Crippen LogP contribution in [0.15, 0.2) is 11.6 Å². The smallest absolute Gasteiger partial charge is 0.133 e. The third-order valence-electron chi connectivity index (χ3n) is 9.58. The molecule has 0 radical (unpaired) electrons. The summed E-state index contributed by atoms with van der Waals surface area (Å²) < 4.78 is 0. The molecule has 25 heavy (non-hydrogen) atoms. The summed E-state index contributed by atoms with van der Waals surface area (Å²) in [5, 5.41) is 10.4. The van der Waals surface area contributed by atoms with E-state index in [0.717, 1.165) is 31.1 Å². The first-order chi connectivity index (χ1) is 11.6. The van der Waals surface area contributed by atoms with E-state index >= 15 is 0 Å². The lowest BCUT2D eigenvalue weighted by Gasteiger charge is -2.63. The zero-order valence-electron chi connectivity index (χ0n) is 16.8. The molecule has 1 N–H and O–H groups in total. The lowest BCUT2D eigenvalue weighted by Crippen LogP contribution is -2.56. The van der Waals surface area contributed by atoms with Gasteiger partial charge >= 0.3 is 0 Å². The molecular weight excluding hydrogens is 308 g/mol. The van der Waals surface area contributed by atoms with Gasteiger partial charge in [0, 0.05) is 5.92 Å². The molecule has 2 nitrogen and oxygen atoms in total. The van der Waals surface area contributed by atoms with Gasteiger partial charge in [-0.2, -0.15) is 0 Å². The highest BCUT2D eigenvalue weighted by Gasteiger charge is 2.62. The number of carbonyl (C=O) groups excluding carboxylic acids is 1. The predicted octanol–water partition coefficient (Wildman–Crippen LogP) is 5.15. The van der Waals surface area contributed by atoms with Gasteiger partial charge in [-0.05, 0) is 85.9 Å². The van der Waals surface area contributed by atoms with Crippen LogP contribution in [-0.4, -0.2) is 17.0 Å². The Bertz CT molecular complexity index is 618. The normalized spacial score (nSPS) is 51.1. The zero-order chi connectivity index (χ0) is 18.2. The Balaban J connectivity index is 1.73. The lowest BCUT2D eigenvalue weighted by molar-refractivity contribution is -0.131. The Morgan fingerprint density at radius 1 is 1.12 bits per heavy atom. The van der Waals surface area contributed by atoms with Crippen molar-refractivity contribution in [2.24, 2.45) is 39.9 Å². The van der Waals surface area contributed by atoms with Gasteiger partial charge < -0.3 is 5.11 Å². The fraction of sp³-hybridized carbons (Fsp3) is 0.870. The van der Waals surface area contributed by atoms with Crippen LogP contribution in [-0.2, 0) is 4.79 Å². The quantitative estimate of drug-likeness (QED) is 0.668. The average molecular weight is 345 g/mol. The number of allylic oxidation sites excluding steroid dienone is 1. The number of hydrogen-bond acceptors (Lipinski definition) is 2. The fourth-order valence-electron chi connectivity index (χ4n) is 8.09. The van der Waals surface area contributed by atoms with E-state index in [1.165, 1.54) is 31.3 Å². The summed E-state index contributed by atoms with van der Waals surface area (Å²) in [6, 6.07) is 0. The van der Waals surface area contributed by atoms with Crippen molar-refractivity contribution in [3.05, 3.63) is 11.6 Å². The molecule has 0 spiro atoms. The van der Waals surface area contributed by atoms with Crippen LogP contribution in [0.3, 0.4) is 0 Å². The van der Waals surface area contributed by atoms with Gasteiger partial charge in [0.15, 0.2) is 0 Å². The summed E-state index contributed by atoms with van der Waals surface area (Å²) in [5.74, 6) is 2.86. The molecule has 0 aromatic heterocycles. The summed E-state index contributed by atoms with van der Waals surface area (Å²) in [6.07, 6.45) is 10.1. The van der Waals surface area contributed by atoms with Gasteiger partial charge in [-0.25, -0.2) is 0 Å². The number of carbonyl (C=O) groups is 1. The second-order valence-corrected chi connectivity index (χ2v) is 10.8. The number of Topliss-reactive ketones (excluding diaryl/α,β-unsaturated/α-hetero) is 1. The van der Waals surface area contributed by atoms with Crippen LogP contribution in [0.1, 0.15) is 79.6 Å². The van der Waals surface area contributed by atoms with E-state index in [9.17, 15) is 9.90 Å². The second kappa shape index (κ2) is 5.44. The number of fused-ring (bicyclic) bond motifs is 5. The first-order valence-electron chi connectivity index (χ1n) is 10.5. The maximum atomic E-state index is 12.3. The summed E-state index contributed by atoms with van der Waals surface area (Å²) >= 11 is 0.